The van der Waals surface area contributed by atoms with E-state index in [0.717, 1.165) is 0 Å². The van der Waals surface area contributed by atoms with Gasteiger partial charge in [-0.05, 0) is 28.5 Å². The number of carbonyl (C=O) groups is 1. The summed E-state index contributed by atoms with van der Waals surface area (Å²) >= 11 is 2.94. The summed E-state index contributed by atoms with van der Waals surface area (Å²) in [5.74, 6) is -1.96. The van der Waals surface area contributed by atoms with Crippen molar-refractivity contribution in [2.24, 2.45) is 5.73 Å². The number of aromatic hydroxyl groups is 1. The summed E-state index contributed by atoms with van der Waals surface area (Å²) in [6.07, 6.45) is 0.0782. The van der Waals surface area contributed by atoms with Crippen LogP contribution >= 0.6 is 15.9 Å². The molecular weight excluding hydrogens is 281 g/mol. The first-order chi connectivity index (χ1) is 7.52. The molecule has 0 fully saturated rings. The fourth-order valence-electron chi connectivity index (χ4n) is 1.26. The number of ketones is 1. The average molecular weight is 292 g/mol. The van der Waals surface area contributed by atoms with E-state index in [1.807, 2.05) is 0 Å². The lowest BCUT2D eigenvalue weighted by molar-refractivity contribution is 0.0982. The first-order valence-corrected chi connectivity index (χ1v) is 5.30. The van der Waals surface area contributed by atoms with Crippen molar-refractivity contribution in [3.8, 4) is 11.5 Å². The topological polar surface area (TPSA) is 72.5 Å². The monoisotopic (exact) mass is 291 g/mol. The van der Waals surface area contributed by atoms with Gasteiger partial charge in [0.05, 0.1) is 17.1 Å². The van der Waals surface area contributed by atoms with E-state index in [0.29, 0.717) is 0 Å². The van der Waals surface area contributed by atoms with Gasteiger partial charge in [-0.25, -0.2) is 4.39 Å². The molecule has 4 nitrogen and oxygen atoms in total. The van der Waals surface area contributed by atoms with Gasteiger partial charge in [0.15, 0.2) is 23.1 Å². The maximum atomic E-state index is 13.4. The van der Waals surface area contributed by atoms with Crippen LogP contribution in [0.2, 0.25) is 0 Å². The molecule has 0 unspecified atom stereocenters. The number of phenols is 1. The minimum atomic E-state index is -0.746. The number of Topliss-reactive ketones (excluding diaryl/α,β-unsaturated/α-hetero) is 1. The third kappa shape index (κ3) is 2.33. The van der Waals surface area contributed by atoms with Gasteiger partial charge in [0.2, 0.25) is 0 Å². The van der Waals surface area contributed by atoms with Gasteiger partial charge < -0.3 is 15.6 Å². The predicted octanol–water partition coefficient (Wildman–Crippen LogP) is 1.83. The van der Waals surface area contributed by atoms with Crippen LogP contribution in [-0.4, -0.2) is 24.5 Å². The van der Waals surface area contributed by atoms with E-state index in [1.54, 1.807) is 0 Å². The summed E-state index contributed by atoms with van der Waals surface area (Å²) in [5, 5.41) is 9.64. The Morgan fingerprint density at radius 3 is 2.81 bits per heavy atom. The number of benzene rings is 1. The van der Waals surface area contributed by atoms with Crippen molar-refractivity contribution in [2.45, 2.75) is 6.42 Å². The van der Waals surface area contributed by atoms with Crippen molar-refractivity contribution in [1.29, 1.82) is 0 Å². The molecule has 88 valence electrons. The molecule has 0 aliphatic carbocycles. The maximum absolute atomic E-state index is 13.4. The second-order valence-corrected chi connectivity index (χ2v) is 3.92. The van der Waals surface area contributed by atoms with Gasteiger partial charge >= 0.3 is 0 Å². The zero-order valence-corrected chi connectivity index (χ0v) is 10.2. The molecule has 0 amide bonds. The van der Waals surface area contributed by atoms with Crippen LogP contribution in [0.1, 0.15) is 16.8 Å². The van der Waals surface area contributed by atoms with Crippen LogP contribution in [0.4, 0.5) is 4.39 Å². The second-order valence-electron chi connectivity index (χ2n) is 3.06. The van der Waals surface area contributed by atoms with Crippen LogP contribution in [0.3, 0.4) is 0 Å². The molecule has 0 heterocycles. The summed E-state index contributed by atoms with van der Waals surface area (Å²) in [4.78, 5) is 11.6. The van der Waals surface area contributed by atoms with Gasteiger partial charge in [0.25, 0.3) is 0 Å². The third-order valence-corrected chi connectivity index (χ3v) is 2.60. The predicted molar refractivity (Wildman–Crippen MR) is 60.3 cm³/mol. The van der Waals surface area contributed by atoms with E-state index >= 15 is 0 Å². The highest BCUT2D eigenvalue weighted by Crippen LogP contribution is 2.37. The highest BCUT2D eigenvalue weighted by molar-refractivity contribution is 9.10. The van der Waals surface area contributed by atoms with Crippen molar-refractivity contribution in [3.05, 3.63) is 21.9 Å². The van der Waals surface area contributed by atoms with E-state index < -0.39 is 11.6 Å². The molecule has 16 heavy (non-hydrogen) atoms. The zero-order valence-electron chi connectivity index (χ0n) is 8.59. The van der Waals surface area contributed by atoms with Crippen LogP contribution in [0, 0.1) is 5.82 Å². The third-order valence-electron chi connectivity index (χ3n) is 2.03. The first kappa shape index (κ1) is 12.9. The number of hydrogen-bond acceptors (Lipinski definition) is 4. The fourth-order valence-corrected chi connectivity index (χ4v) is 1.67. The van der Waals surface area contributed by atoms with Crippen LogP contribution in [0.15, 0.2) is 10.5 Å². The largest absolute Gasteiger partial charge is 0.504 e. The fraction of sp³-hybridized carbons (Fsp3) is 0.300. The van der Waals surface area contributed by atoms with Crippen LogP contribution < -0.4 is 10.5 Å². The highest BCUT2D eigenvalue weighted by Gasteiger charge is 2.21. The molecule has 3 N–H and O–H groups in total. The minimum Gasteiger partial charge on any atom is -0.504 e. The number of ether oxygens (including phenoxy) is 1. The lowest BCUT2D eigenvalue weighted by atomic mass is 10.1. The van der Waals surface area contributed by atoms with Crippen molar-refractivity contribution in [1.82, 2.24) is 0 Å². The van der Waals surface area contributed by atoms with E-state index in [2.05, 4.69) is 20.7 Å². The number of phenolic OH excluding ortho intramolecular Hbond substituents is 1. The zero-order chi connectivity index (χ0) is 12.3. The summed E-state index contributed by atoms with van der Waals surface area (Å²) < 4.78 is 18.2. The summed E-state index contributed by atoms with van der Waals surface area (Å²) in [5.41, 5.74) is 5.23. The minimum absolute atomic E-state index is 0.00410. The van der Waals surface area contributed by atoms with Gasteiger partial charge in [-0.3, -0.25) is 4.79 Å². The quantitative estimate of drug-likeness (QED) is 0.830. The molecule has 1 rings (SSSR count). The number of rotatable bonds is 4. The lowest BCUT2D eigenvalue weighted by Gasteiger charge is -2.10. The number of methoxy groups -OCH3 is 1. The van der Waals surface area contributed by atoms with Crippen LogP contribution in [0.25, 0.3) is 0 Å². The number of nitrogens with two attached hydrogens (primary N) is 1. The molecule has 0 saturated carbocycles. The van der Waals surface area contributed by atoms with Gasteiger partial charge in [-0.1, -0.05) is 0 Å². The van der Waals surface area contributed by atoms with Crippen molar-refractivity contribution in [3.63, 3.8) is 0 Å². The van der Waals surface area contributed by atoms with Gasteiger partial charge in [0, 0.05) is 6.42 Å². The van der Waals surface area contributed by atoms with Crippen LogP contribution in [-0.2, 0) is 0 Å². The summed E-state index contributed by atoms with van der Waals surface area (Å²) in [7, 11) is 1.21. The average Bonchev–Trinajstić information content (AvgIpc) is 2.24. The normalized spacial score (nSPS) is 10.2. The molecular formula is C10H11BrFNO3. The first-order valence-electron chi connectivity index (χ1n) is 4.51. The Bertz CT molecular complexity index is 423. The molecule has 1 aromatic rings. The Morgan fingerprint density at radius 2 is 2.31 bits per heavy atom. The van der Waals surface area contributed by atoms with E-state index in [-0.39, 0.29) is 34.5 Å². The Balaban J connectivity index is 3.31. The summed E-state index contributed by atoms with van der Waals surface area (Å²) in [6.45, 7) is 0.162. The van der Waals surface area contributed by atoms with E-state index in [4.69, 9.17) is 5.73 Å². The van der Waals surface area contributed by atoms with E-state index in [9.17, 15) is 14.3 Å². The molecule has 0 atom stereocenters. The number of carbonyl (C=O) groups excluding carboxylic acids is 1. The summed E-state index contributed by atoms with van der Waals surface area (Å²) in [6, 6.07) is 1.21. The van der Waals surface area contributed by atoms with Crippen LogP contribution in [0.5, 0.6) is 11.5 Å². The Kier molecular flexibility index (Phi) is 4.26. The molecule has 0 saturated heterocycles. The Hall–Kier alpha value is -1.14. The Morgan fingerprint density at radius 1 is 1.69 bits per heavy atom. The number of hydrogen-bond donors (Lipinski definition) is 2. The molecule has 1 aromatic carbocycles. The Labute approximate surface area is 100 Å². The van der Waals surface area contributed by atoms with Crippen molar-refractivity contribution >= 4 is 21.7 Å². The molecule has 6 heteroatoms. The molecule has 0 aliphatic rings. The van der Waals surface area contributed by atoms with Crippen molar-refractivity contribution < 1.29 is 19.0 Å². The van der Waals surface area contributed by atoms with E-state index in [1.165, 1.54) is 13.2 Å². The highest BCUT2D eigenvalue weighted by atomic mass is 79.9. The molecule has 0 spiro atoms. The lowest BCUT2D eigenvalue weighted by Crippen LogP contribution is -2.09. The van der Waals surface area contributed by atoms with Gasteiger partial charge in [-0.15, -0.1) is 0 Å². The molecule has 0 aromatic heterocycles. The number of halogens is 2. The second kappa shape index (κ2) is 5.27. The van der Waals surface area contributed by atoms with Gasteiger partial charge in [-0.2, -0.15) is 0 Å². The molecule has 0 aliphatic heterocycles. The maximum Gasteiger partial charge on any atom is 0.198 e. The van der Waals surface area contributed by atoms with Crippen molar-refractivity contribution in [2.75, 3.05) is 13.7 Å². The molecule has 0 bridgehead atoms. The standard InChI is InChI=1S/C10H11BrFNO3/c1-16-10-8(12)6(11)4-5(9(10)15)7(14)2-3-13/h4,15H,2-3,13H2,1H3. The SMILES string of the molecule is COc1c(O)c(C(=O)CCN)cc(Br)c1F. The van der Waals surface area contributed by atoms with Gasteiger partial charge in [0.1, 0.15) is 0 Å². The molecule has 0 radical (unpaired) electrons. The smallest absolute Gasteiger partial charge is 0.198 e.